The predicted molar refractivity (Wildman–Crippen MR) is 71.2 cm³/mol. The lowest BCUT2D eigenvalue weighted by Crippen LogP contribution is -2.26. The molecule has 0 bridgehead atoms. The van der Waals surface area contributed by atoms with Gasteiger partial charge in [-0.2, -0.15) is 0 Å². The van der Waals surface area contributed by atoms with Crippen LogP contribution in [0.2, 0.25) is 0 Å². The molecule has 1 unspecified atom stereocenters. The van der Waals surface area contributed by atoms with Gasteiger partial charge in [0.15, 0.2) is 0 Å². The molecule has 1 aromatic rings. The van der Waals surface area contributed by atoms with Crippen LogP contribution in [-0.4, -0.2) is 19.3 Å². The summed E-state index contributed by atoms with van der Waals surface area (Å²) in [7, 11) is 0. The molecule has 0 amide bonds. The van der Waals surface area contributed by atoms with E-state index in [2.05, 4.69) is 36.5 Å². The van der Waals surface area contributed by atoms with Gasteiger partial charge < -0.3 is 10.1 Å². The zero-order chi connectivity index (χ0) is 12.1. The molecule has 0 spiro atoms. The Labute approximate surface area is 104 Å². The van der Waals surface area contributed by atoms with E-state index in [-0.39, 0.29) is 0 Å². The monoisotopic (exact) mass is 233 g/mol. The summed E-state index contributed by atoms with van der Waals surface area (Å²) in [5.74, 6) is 0.845. The van der Waals surface area contributed by atoms with E-state index in [1.54, 1.807) is 0 Å². The SMILES string of the molecule is CCOC(C)CNCc1cccc(C2CC2)c1. The van der Waals surface area contributed by atoms with Crippen molar-refractivity contribution in [3.8, 4) is 0 Å². The van der Waals surface area contributed by atoms with E-state index < -0.39 is 0 Å². The molecule has 0 aromatic heterocycles. The van der Waals surface area contributed by atoms with Crippen LogP contribution in [0.15, 0.2) is 24.3 Å². The number of hydrogen-bond acceptors (Lipinski definition) is 2. The quantitative estimate of drug-likeness (QED) is 0.781. The first-order valence-electron chi connectivity index (χ1n) is 6.70. The average molecular weight is 233 g/mol. The lowest BCUT2D eigenvalue weighted by Gasteiger charge is -2.12. The van der Waals surface area contributed by atoms with Crippen molar-refractivity contribution in [2.45, 2.75) is 45.3 Å². The van der Waals surface area contributed by atoms with E-state index in [1.165, 1.54) is 24.0 Å². The van der Waals surface area contributed by atoms with Crippen LogP contribution in [0.5, 0.6) is 0 Å². The molecule has 17 heavy (non-hydrogen) atoms. The molecule has 1 saturated carbocycles. The normalized spacial score (nSPS) is 17.1. The average Bonchev–Trinajstić information content (AvgIpc) is 3.14. The van der Waals surface area contributed by atoms with Crippen molar-refractivity contribution in [1.29, 1.82) is 0 Å². The van der Waals surface area contributed by atoms with Gasteiger partial charge in [0.2, 0.25) is 0 Å². The summed E-state index contributed by atoms with van der Waals surface area (Å²) in [6, 6.07) is 8.97. The van der Waals surface area contributed by atoms with Crippen LogP contribution in [-0.2, 0) is 11.3 Å². The molecule has 0 radical (unpaired) electrons. The Morgan fingerprint density at radius 3 is 2.94 bits per heavy atom. The van der Waals surface area contributed by atoms with E-state index in [1.807, 2.05) is 6.92 Å². The molecule has 1 N–H and O–H groups in total. The standard InChI is InChI=1S/C15H23NO/c1-3-17-12(2)10-16-11-13-5-4-6-15(9-13)14-7-8-14/h4-6,9,12,14,16H,3,7-8,10-11H2,1-2H3. The minimum atomic E-state index is 0.298. The molecule has 2 rings (SSSR count). The Balaban J connectivity index is 1.76. The molecule has 0 heterocycles. The van der Waals surface area contributed by atoms with Gasteiger partial charge in [0, 0.05) is 19.7 Å². The Morgan fingerprint density at radius 2 is 2.24 bits per heavy atom. The second-order valence-electron chi connectivity index (χ2n) is 4.92. The topological polar surface area (TPSA) is 21.3 Å². The fraction of sp³-hybridized carbons (Fsp3) is 0.600. The first-order valence-corrected chi connectivity index (χ1v) is 6.70. The van der Waals surface area contributed by atoms with E-state index in [9.17, 15) is 0 Å². The summed E-state index contributed by atoms with van der Waals surface area (Å²) < 4.78 is 5.49. The molecule has 94 valence electrons. The van der Waals surface area contributed by atoms with Crippen molar-refractivity contribution in [2.24, 2.45) is 0 Å². The number of nitrogens with one attached hydrogen (secondary N) is 1. The summed E-state index contributed by atoms with van der Waals surface area (Å²) in [5.41, 5.74) is 2.90. The van der Waals surface area contributed by atoms with Gasteiger partial charge in [-0.1, -0.05) is 24.3 Å². The van der Waals surface area contributed by atoms with E-state index in [0.29, 0.717) is 6.10 Å². The van der Waals surface area contributed by atoms with Crippen LogP contribution in [0.4, 0.5) is 0 Å². The highest BCUT2D eigenvalue weighted by Crippen LogP contribution is 2.40. The van der Waals surface area contributed by atoms with Gasteiger partial charge in [0.25, 0.3) is 0 Å². The first kappa shape index (κ1) is 12.6. The van der Waals surface area contributed by atoms with E-state index >= 15 is 0 Å². The van der Waals surface area contributed by atoms with E-state index in [0.717, 1.165) is 25.6 Å². The summed E-state index contributed by atoms with van der Waals surface area (Å²) in [6.45, 7) is 6.80. The fourth-order valence-electron chi connectivity index (χ4n) is 2.14. The number of hydrogen-bond donors (Lipinski definition) is 1. The molecule has 0 aliphatic heterocycles. The zero-order valence-electron chi connectivity index (χ0n) is 10.9. The summed E-state index contributed by atoms with van der Waals surface area (Å²) >= 11 is 0. The molecule has 1 aliphatic carbocycles. The molecule has 1 atom stereocenters. The highest BCUT2D eigenvalue weighted by Gasteiger charge is 2.23. The molecule has 0 saturated heterocycles. The van der Waals surface area contributed by atoms with Crippen LogP contribution in [0, 0.1) is 0 Å². The molecular weight excluding hydrogens is 210 g/mol. The van der Waals surface area contributed by atoms with Crippen molar-refractivity contribution in [3.63, 3.8) is 0 Å². The number of ether oxygens (including phenoxy) is 1. The Hall–Kier alpha value is -0.860. The summed E-state index contributed by atoms with van der Waals surface area (Å²) in [6.07, 6.45) is 3.04. The van der Waals surface area contributed by atoms with Crippen LogP contribution < -0.4 is 5.32 Å². The number of rotatable bonds is 7. The molecule has 1 aliphatic rings. The smallest absolute Gasteiger partial charge is 0.0671 e. The molecule has 1 aromatic carbocycles. The van der Waals surface area contributed by atoms with E-state index in [4.69, 9.17) is 4.74 Å². The molecule has 2 nitrogen and oxygen atoms in total. The minimum absolute atomic E-state index is 0.298. The Kier molecular flexibility index (Phi) is 4.57. The van der Waals surface area contributed by atoms with Crippen LogP contribution in [0.1, 0.15) is 43.7 Å². The zero-order valence-corrected chi connectivity index (χ0v) is 10.9. The fourth-order valence-corrected chi connectivity index (χ4v) is 2.14. The predicted octanol–water partition coefficient (Wildman–Crippen LogP) is 3.08. The third-order valence-electron chi connectivity index (χ3n) is 3.21. The first-order chi connectivity index (χ1) is 8.29. The second kappa shape index (κ2) is 6.18. The van der Waals surface area contributed by atoms with Crippen molar-refractivity contribution < 1.29 is 4.74 Å². The highest BCUT2D eigenvalue weighted by atomic mass is 16.5. The summed E-state index contributed by atoms with van der Waals surface area (Å²) in [5, 5.41) is 3.45. The molecular formula is C15H23NO. The maximum Gasteiger partial charge on any atom is 0.0671 e. The maximum atomic E-state index is 5.49. The van der Waals surface area contributed by atoms with Crippen molar-refractivity contribution in [2.75, 3.05) is 13.2 Å². The maximum absolute atomic E-state index is 5.49. The van der Waals surface area contributed by atoms with Crippen LogP contribution >= 0.6 is 0 Å². The minimum Gasteiger partial charge on any atom is -0.377 e. The van der Waals surface area contributed by atoms with Crippen LogP contribution in [0.25, 0.3) is 0 Å². The molecule has 2 heteroatoms. The third-order valence-corrected chi connectivity index (χ3v) is 3.21. The lowest BCUT2D eigenvalue weighted by atomic mass is 10.1. The third kappa shape index (κ3) is 4.14. The lowest BCUT2D eigenvalue weighted by molar-refractivity contribution is 0.0759. The van der Waals surface area contributed by atoms with Gasteiger partial charge in [0.05, 0.1) is 6.10 Å². The van der Waals surface area contributed by atoms with Crippen molar-refractivity contribution in [3.05, 3.63) is 35.4 Å². The van der Waals surface area contributed by atoms with Gasteiger partial charge in [-0.25, -0.2) is 0 Å². The summed E-state index contributed by atoms with van der Waals surface area (Å²) in [4.78, 5) is 0. The van der Waals surface area contributed by atoms with Crippen molar-refractivity contribution in [1.82, 2.24) is 5.32 Å². The van der Waals surface area contributed by atoms with Gasteiger partial charge in [0.1, 0.15) is 0 Å². The van der Waals surface area contributed by atoms with Gasteiger partial charge in [-0.05, 0) is 43.7 Å². The Bertz CT molecular complexity index is 347. The Morgan fingerprint density at radius 1 is 1.41 bits per heavy atom. The van der Waals surface area contributed by atoms with Gasteiger partial charge in [-0.3, -0.25) is 0 Å². The highest BCUT2D eigenvalue weighted by molar-refractivity contribution is 5.29. The second-order valence-corrected chi connectivity index (χ2v) is 4.92. The molecule has 1 fully saturated rings. The van der Waals surface area contributed by atoms with Gasteiger partial charge in [-0.15, -0.1) is 0 Å². The van der Waals surface area contributed by atoms with Crippen molar-refractivity contribution >= 4 is 0 Å². The van der Waals surface area contributed by atoms with Gasteiger partial charge >= 0.3 is 0 Å². The van der Waals surface area contributed by atoms with Crippen LogP contribution in [0.3, 0.4) is 0 Å². The number of benzene rings is 1. The largest absolute Gasteiger partial charge is 0.377 e.